The molecule has 1 aromatic rings. The fourth-order valence-corrected chi connectivity index (χ4v) is 2.89. The molecule has 1 aliphatic rings. The molecule has 2 N–H and O–H groups in total. The van der Waals surface area contributed by atoms with E-state index in [0.717, 1.165) is 5.56 Å². The van der Waals surface area contributed by atoms with E-state index in [2.05, 4.69) is 10.6 Å². The van der Waals surface area contributed by atoms with Gasteiger partial charge in [-0.25, -0.2) is 18.4 Å². The van der Waals surface area contributed by atoms with E-state index in [1.54, 1.807) is 45.0 Å². The summed E-state index contributed by atoms with van der Waals surface area (Å²) in [4.78, 5) is 24.0. The average Bonchev–Trinajstić information content (AvgIpc) is 2.55. The van der Waals surface area contributed by atoms with E-state index in [1.807, 2.05) is 6.07 Å². The lowest BCUT2D eigenvalue weighted by molar-refractivity contribution is -0.0756. The highest BCUT2D eigenvalue weighted by molar-refractivity contribution is 5.70. The van der Waals surface area contributed by atoms with Crippen molar-refractivity contribution in [2.24, 2.45) is 0 Å². The Bertz CT molecular complexity index is 647. The highest BCUT2D eigenvalue weighted by Crippen LogP contribution is 2.34. The lowest BCUT2D eigenvalue weighted by Gasteiger charge is -2.38. The van der Waals surface area contributed by atoms with E-state index in [4.69, 9.17) is 9.47 Å². The molecule has 0 saturated heterocycles. The fraction of sp³-hybridized carbons (Fsp3) is 0.579. The maximum atomic E-state index is 14.4. The molecule has 0 aromatic heterocycles. The van der Waals surface area contributed by atoms with E-state index >= 15 is 0 Å². The van der Waals surface area contributed by atoms with Gasteiger partial charge in [0, 0.05) is 6.42 Å². The Morgan fingerprint density at radius 3 is 2.44 bits per heavy atom. The zero-order chi connectivity index (χ0) is 20.1. The lowest BCUT2D eigenvalue weighted by atomic mass is 9.87. The van der Waals surface area contributed by atoms with Crippen LogP contribution in [-0.4, -0.2) is 35.8 Å². The molecule has 0 aliphatic heterocycles. The second-order valence-corrected chi connectivity index (χ2v) is 7.59. The maximum Gasteiger partial charge on any atom is 0.408 e. The standard InChI is InChI=1S/C19H26F2N2O4/c1-18(2,3)27-17(25)23-15-14(10-7-11-19(15,20)21)22-16(24)26-12-13-8-5-4-6-9-13/h4-6,8-9,14-15H,7,10-12H2,1-3H3,(H,22,24)(H,23,25)/t14-,15-/m1/s1. The molecule has 0 unspecified atom stereocenters. The third kappa shape index (κ3) is 6.69. The molecular formula is C19H26F2N2O4. The van der Waals surface area contributed by atoms with Crippen molar-refractivity contribution in [3.63, 3.8) is 0 Å². The molecule has 2 amide bonds. The minimum absolute atomic E-state index is 0.0277. The van der Waals surface area contributed by atoms with Crippen LogP contribution >= 0.6 is 0 Å². The number of amides is 2. The first-order valence-electron chi connectivity index (χ1n) is 8.91. The van der Waals surface area contributed by atoms with Gasteiger partial charge >= 0.3 is 12.2 Å². The van der Waals surface area contributed by atoms with Gasteiger partial charge in [0.25, 0.3) is 5.92 Å². The van der Waals surface area contributed by atoms with Crippen molar-refractivity contribution in [2.45, 2.75) is 70.2 Å². The van der Waals surface area contributed by atoms with Gasteiger partial charge in [-0.2, -0.15) is 0 Å². The average molecular weight is 384 g/mol. The number of alkyl halides is 2. The monoisotopic (exact) mass is 384 g/mol. The van der Waals surface area contributed by atoms with Crippen molar-refractivity contribution in [3.05, 3.63) is 35.9 Å². The number of carbonyl (C=O) groups excluding carboxylic acids is 2. The Kier molecular flexibility index (Phi) is 6.62. The van der Waals surface area contributed by atoms with Gasteiger partial charge in [0.05, 0.1) is 6.04 Å². The summed E-state index contributed by atoms with van der Waals surface area (Å²) in [5.74, 6) is -3.16. The molecule has 1 aliphatic carbocycles. The first-order chi connectivity index (χ1) is 12.6. The second-order valence-electron chi connectivity index (χ2n) is 7.59. The summed E-state index contributed by atoms with van der Waals surface area (Å²) in [6.07, 6.45) is -1.60. The minimum atomic E-state index is -3.16. The van der Waals surface area contributed by atoms with Crippen LogP contribution in [0.3, 0.4) is 0 Å². The molecular weight excluding hydrogens is 358 g/mol. The Morgan fingerprint density at radius 1 is 1.15 bits per heavy atom. The highest BCUT2D eigenvalue weighted by Gasteiger charge is 2.49. The fourth-order valence-electron chi connectivity index (χ4n) is 2.89. The smallest absolute Gasteiger partial charge is 0.408 e. The molecule has 2 atom stereocenters. The predicted octanol–water partition coefficient (Wildman–Crippen LogP) is 3.99. The van der Waals surface area contributed by atoms with Gasteiger partial charge in [-0.3, -0.25) is 0 Å². The number of rotatable bonds is 4. The zero-order valence-corrected chi connectivity index (χ0v) is 15.8. The van der Waals surface area contributed by atoms with E-state index in [9.17, 15) is 18.4 Å². The quantitative estimate of drug-likeness (QED) is 0.823. The van der Waals surface area contributed by atoms with Gasteiger partial charge in [-0.15, -0.1) is 0 Å². The summed E-state index contributed by atoms with van der Waals surface area (Å²) in [6.45, 7) is 4.95. The largest absolute Gasteiger partial charge is 0.445 e. The maximum absolute atomic E-state index is 14.4. The lowest BCUT2D eigenvalue weighted by Crippen LogP contribution is -2.62. The van der Waals surface area contributed by atoms with Crippen molar-refractivity contribution in [2.75, 3.05) is 0 Å². The summed E-state index contributed by atoms with van der Waals surface area (Å²) >= 11 is 0. The van der Waals surface area contributed by atoms with Crippen LogP contribution in [0.2, 0.25) is 0 Å². The molecule has 150 valence electrons. The number of alkyl carbamates (subject to hydrolysis) is 2. The zero-order valence-electron chi connectivity index (χ0n) is 15.8. The van der Waals surface area contributed by atoms with Crippen molar-refractivity contribution in [3.8, 4) is 0 Å². The summed E-state index contributed by atoms with van der Waals surface area (Å²) in [6, 6.07) is 6.50. The van der Waals surface area contributed by atoms with Crippen molar-refractivity contribution in [1.82, 2.24) is 10.6 Å². The molecule has 0 spiro atoms. The third-order valence-corrected chi connectivity index (χ3v) is 4.07. The molecule has 27 heavy (non-hydrogen) atoms. The summed E-state index contributed by atoms with van der Waals surface area (Å²) in [7, 11) is 0. The van der Waals surface area contributed by atoms with Gasteiger partial charge in [0.15, 0.2) is 0 Å². The van der Waals surface area contributed by atoms with E-state index in [0.29, 0.717) is 6.42 Å². The Morgan fingerprint density at radius 2 is 1.81 bits per heavy atom. The van der Waals surface area contributed by atoms with Gasteiger partial charge in [-0.05, 0) is 39.2 Å². The Labute approximate surface area is 157 Å². The van der Waals surface area contributed by atoms with Crippen LogP contribution < -0.4 is 10.6 Å². The molecule has 0 heterocycles. The Balaban J connectivity index is 1.97. The first-order valence-corrected chi connectivity index (χ1v) is 8.91. The summed E-state index contributed by atoms with van der Waals surface area (Å²) in [5.41, 5.74) is -0.0315. The van der Waals surface area contributed by atoms with E-state index in [1.165, 1.54) is 0 Å². The number of halogens is 2. The number of benzene rings is 1. The molecule has 0 radical (unpaired) electrons. The van der Waals surface area contributed by atoms with Crippen LogP contribution in [0.5, 0.6) is 0 Å². The van der Waals surface area contributed by atoms with Gasteiger partial charge in [-0.1, -0.05) is 30.3 Å². The minimum Gasteiger partial charge on any atom is -0.445 e. The number of hydrogen-bond donors (Lipinski definition) is 2. The van der Waals surface area contributed by atoms with E-state index in [-0.39, 0.29) is 19.4 Å². The van der Waals surface area contributed by atoms with Crippen LogP contribution in [-0.2, 0) is 16.1 Å². The predicted molar refractivity (Wildman–Crippen MR) is 95.5 cm³/mol. The van der Waals surface area contributed by atoms with Crippen LogP contribution in [0, 0.1) is 0 Å². The second kappa shape index (κ2) is 8.54. The summed E-state index contributed by atoms with van der Waals surface area (Å²) < 4.78 is 38.9. The molecule has 1 fully saturated rings. The molecule has 2 rings (SSSR count). The van der Waals surface area contributed by atoms with Crippen molar-refractivity contribution in [1.29, 1.82) is 0 Å². The summed E-state index contributed by atoms with van der Waals surface area (Å²) in [5, 5.41) is 4.67. The molecule has 1 saturated carbocycles. The van der Waals surface area contributed by atoms with Gasteiger partial charge < -0.3 is 20.1 Å². The number of nitrogens with one attached hydrogen (secondary N) is 2. The van der Waals surface area contributed by atoms with E-state index < -0.39 is 35.8 Å². The number of hydrogen-bond acceptors (Lipinski definition) is 4. The van der Waals surface area contributed by atoms with Crippen molar-refractivity contribution >= 4 is 12.2 Å². The molecule has 8 heteroatoms. The van der Waals surface area contributed by atoms with Crippen LogP contribution in [0.25, 0.3) is 0 Å². The highest BCUT2D eigenvalue weighted by atomic mass is 19.3. The number of carbonyl (C=O) groups is 2. The van der Waals surface area contributed by atoms with Crippen molar-refractivity contribution < 1.29 is 27.8 Å². The molecule has 1 aromatic carbocycles. The van der Waals surface area contributed by atoms with Crippen LogP contribution in [0.4, 0.5) is 18.4 Å². The molecule has 0 bridgehead atoms. The third-order valence-electron chi connectivity index (χ3n) is 4.07. The topological polar surface area (TPSA) is 76.7 Å². The first kappa shape index (κ1) is 20.9. The normalized spacial score (nSPS) is 21.8. The van der Waals surface area contributed by atoms with Gasteiger partial charge in [0.1, 0.15) is 18.2 Å². The number of ether oxygens (including phenoxy) is 2. The Hall–Kier alpha value is -2.38. The molecule has 6 nitrogen and oxygen atoms in total. The SMILES string of the molecule is CC(C)(C)OC(=O)N[C@@H]1[C@H](NC(=O)OCc2ccccc2)CCCC1(F)F. The van der Waals surface area contributed by atoms with Crippen LogP contribution in [0.1, 0.15) is 45.6 Å². The van der Waals surface area contributed by atoms with Crippen LogP contribution in [0.15, 0.2) is 30.3 Å². The van der Waals surface area contributed by atoms with Gasteiger partial charge in [0.2, 0.25) is 0 Å².